The molecular weight excluding hydrogens is 370 g/mol. The van der Waals surface area contributed by atoms with Gasteiger partial charge in [0.1, 0.15) is 11.4 Å². The first-order valence-electron chi connectivity index (χ1n) is 8.57. The van der Waals surface area contributed by atoms with Crippen LogP contribution in [0.1, 0.15) is 23.8 Å². The zero-order valence-electron chi connectivity index (χ0n) is 14.3. The molecule has 1 N–H and O–H groups in total. The zero-order valence-corrected chi connectivity index (χ0v) is 15.9. The summed E-state index contributed by atoms with van der Waals surface area (Å²) in [6.07, 6.45) is 4.45. The third-order valence-electron chi connectivity index (χ3n) is 4.74. The number of rotatable bonds is 3. The number of nitrogens with zero attached hydrogens (tertiary/aromatic N) is 2. The number of anilines is 1. The lowest BCUT2D eigenvalue weighted by Gasteiger charge is -2.17. The van der Waals surface area contributed by atoms with Gasteiger partial charge in [-0.25, -0.2) is 4.98 Å². The average Bonchev–Trinajstić information content (AvgIpc) is 2.97. The highest BCUT2D eigenvalue weighted by Crippen LogP contribution is 2.35. The molecule has 1 amide bonds. The maximum Gasteiger partial charge on any atom is 0.262 e. The van der Waals surface area contributed by atoms with Crippen molar-refractivity contribution in [2.45, 2.75) is 32.7 Å². The maximum absolute atomic E-state index is 12.9. The van der Waals surface area contributed by atoms with Gasteiger partial charge in [-0.05, 0) is 42.9 Å². The van der Waals surface area contributed by atoms with Gasteiger partial charge < -0.3 is 5.32 Å². The van der Waals surface area contributed by atoms with Gasteiger partial charge in [0.15, 0.2) is 0 Å². The van der Waals surface area contributed by atoms with E-state index in [0.717, 1.165) is 29.7 Å². The Balaban J connectivity index is 1.63. The molecule has 0 spiro atoms. The van der Waals surface area contributed by atoms with E-state index in [-0.39, 0.29) is 18.0 Å². The van der Waals surface area contributed by atoms with Crippen LogP contribution in [0.3, 0.4) is 0 Å². The molecule has 0 fully saturated rings. The van der Waals surface area contributed by atoms with Crippen molar-refractivity contribution in [1.29, 1.82) is 0 Å². The number of benzene rings is 1. The van der Waals surface area contributed by atoms with E-state index in [1.807, 2.05) is 0 Å². The first-order valence-corrected chi connectivity index (χ1v) is 9.76. The summed E-state index contributed by atoms with van der Waals surface area (Å²) in [5.74, 6) is 0.332. The number of hydrogen-bond donors (Lipinski definition) is 1. The molecule has 0 radical (unpaired) electrons. The number of halogens is 1. The molecule has 4 rings (SSSR count). The van der Waals surface area contributed by atoms with Crippen molar-refractivity contribution in [2.75, 3.05) is 5.32 Å². The van der Waals surface area contributed by atoms with Crippen LogP contribution in [0.25, 0.3) is 10.2 Å². The monoisotopic (exact) mass is 387 g/mol. The SMILES string of the molecule is C[C@@H]1CCc2c(sc3ncn(CC(=O)Nc4ccccc4Cl)c(=O)c23)C1. The molecule has 0 bridgehead atoms. The summed E-state index contributed by atoms with van der Waals surface area (Å²) in [6, 6.07) is 7.01. The van der Waals surface area contributed by atoms with E-state index in [2.05, 4.69) is 17.2 Å². The zero-order chi connectivity index (χ0) is 18.3. The number of thiophene rings is 1. The van der Waals surface area contributed by atoms with Crippen molar-refractivity contribution in [2.24, 2.45) is 5.92 Å². The number of para-hydroxylation sites is 1. The number of aryl methyl sites for hydroxylation is 1. The van der Waals surface area contributed by atoms with E-state index in [1.165, 1.54) is 15.8 Å². The quantitative estimate of drug-likeness (QED) is 0.741. The highest BCUT2D eigenvalue weighted by atomic mass is 35.5. The van der Waals surface area contributed by atoms with E-state index in [4.69, 9.17) is 11.6 Å². The summed E-state index contributed by atoms with van der Waals surface area (Å²) in [6.45, 7) is 2.14. The minimum absolute atomic E-state index is 0.0893. The molecule has 134 valence electrons. The fourth-order valence-electron chi connectivity index (χ4n) is 3.39. The normalized spacial score (nSPS) is 16.5. The predicted octanol–water partition coefficient (Wildman–Crippen LogP) is 3.87. The van der Waals surface area contributed by atoms with Crippen LogP contribution < -0.4 is 10.9 Å². The van der Waals surface area contributed by atoms with Crippen molar-refractivity contribution < 1.29 is 4.79 Å². The molecule has 2 aromatic heterocycles. The molecule has 2 heterocycles. The fourth-order valence-corrected chi connectivity index (χ4v) is 4.91. The fraction of sp³-hybridized carbons (Fsp3) is 0.316. The van der Waals surface area contributed by atoms with Gasteiger partial charge in [-0.15, -0.1) is 11.3 Å². The average molecular weight is 388 g/mol. The van der Waals surface area contributed by atoms with Crippen LogP contribution in [-0.4, -0.2) is 15.5 Å². The summed E-state index contributed by atoms with van der Waals surface area (Å²) < 4.78 is 1.37. The van der Waals surface area contributed by atoms with Crippen LogP contribution in [0.5, 0.6) is 0 Å². The summed E-state index contributed by atoms with van der Waals surface area (Å²) >= 11 is 7.67. The Morgan fingerprint density at radius 1 is 1.42 bits per heavy atom. The van der Waals surface area contributed by atoms with Gasteiger partial charge in [-0.2, -0.15) is 0 Å². The Labute approximate surface area is 159 Å². The Bertz CT molecular complexity index is 1060. The maximum atomic E-state index is 12.9. The van der Waals surface area contributed by atoms with Gasteiger partial charge in [0.25, 0.3) is 5.56 Å². The second-order valence-electron chi connectivity index (χ2n) is 6.74. The lowest BCUT2D eigenvalue weighted by molar-refractivity contribution is -0.116. The van der Waals surface area contributed by atoms with E-state index in [0.29, 0.717) is 22.0 Å². The van der Waals surface area contributed by atoms with Crippen molar-refractivity contribution in [3.63, 3.8) is 0 Å². The molecule has 0 saturated carbocycles. The molecular formula is C19H18ClN3O2S. The van der Waals surface area contributed by atoms with Crippen LogP contribution >= 0.6 is 22.9 Å². The van der Waals surface area contributed by atoms with Crippen LogP contribution in [0.15, 0.2) is 35.4 Å². The highest BCUT2D eigenvalue weighted by molar-refractivity contribution is 7.18. The molecule has 1 aliphatic carbocycles. The van der Waals surface area contributed by atoms with Gasteiger partial charge in [-0.1, -0.05) is 30.7 Å². The largest absolute Gasteiger partial charge is 0.323 e. The number of hydrogen-bond acceptors (Lipinski definition) is 4. The third kappa shape index (κ3) is 3.15. The van der Waals surface area contributed by atoms with Crippen LogP contribution in [0.4, 0.5) is 5.69 Å². The molecule has 0 saturated heterocycles. The van der Waals surface area contributed by atoms with Gasteiger partial charge in [0, 0.05) is 4.88 Å². The Kier molecular flexibility index (Phi) is 4.54. The van der Waals surface area contributed by atoms with E-state index in [9.17, 15) is 9.59 Å². The lowest BCUT2D eigenvalue weighted by Crippen LogP contribution is -2.28. The highest BCUT2D eigenvalue weighted by Gasteiger charge is 2.23. The minimum Gasteiger partial charge on any atom is -0.323 e. The van der Waals surface area contributed by atoms with Gasteiger partial charge in [0.2, 0.25) is 5.91 Å². The van der Waals surface area contributed by atoms with E-state index in [1.54, 1.807) is 35.6 Å². The van der Waals surface area contributed by atoms with Crippen molar-refractivity contribution in [3.8, 4) is 0 Å². The second kappa shape index (κ2) is 6.85. The Morgan fingerprint density at radius 2 is 2.23 bits per heavy atom. The van der Waals surface area contributed by atoms with Crippen LogP contribution in [0, 0.1) is 5.92 Å². The first kappa shape index (κ1) is 17.2. The number of carbonyl (C=O) groups is 1. The topological polar surface area (TPSA) is 64.0 Å². The van der Waals surface area contributed by atoms with E-state index < -0.39 is 0 Å². The summed E-state index contributed by atoms with van der Waals surface area (Å²) in [4.78, 5) is 31.7. The van der Waals surface area contributed by atoms with Crippen LogP contribution in [-0.2, 0) is 24.2 Å². The molecule has 26 heavy (non-hydrogen) atoms. The molecule has 7 heteroatoms. The number of carbonyl (C=O) groups excluding carboxylic acids is 1. The molecule has 1 aliphatic rings. The molecule has 0 unspecified atom stereocenters. The van der Waals surface area contributed by atoms with E-state index >= 15 is 0 Å². The Morgan fingerprint density at radius 3 is 3.04 bits per heavy atom. The van der Waals surface area contributed by atoms with Gasteiger partial charge >= 0.3 is 0 Å². The number of nitrogens with one attached hydrogen (secondary N) is 1. The smallest absolute Gasteiger partial charge is 0.262 e. The van der Waals surface area contributed by atoms with Crippen molar-refractivity contribution in [1.82, 2.24) is 9.55 Å². The van der Waals surface area contributed by atoms with Gasteiger partial charge in [-0.3, -0.25) is 14.2 Å². The second-order valence-corrected chi connectivity index (χ2v) is 8.23. The van der Waals surface area contributed by atoms with Crippen LogP contribution in [0.2, 0.25) is 5.02 Å². The summed E-state index contributed by atoms with van der Waals surface area (Å²) in [7, 11) is 0. The van der Waals surface area contributed by atoms with Crippen molar-refractivity contribution in [3.05, 3.63) is 56.4 Å². The summed E-state index contributed by atoms with van der Waals surface area (Å²) in [5, 5.41) is 3.89. The molecule has 3 aromatic rings. The van der Waals surface area contributed by atoms with Crippen molar-refractivity contribution >= 4 is 44.7 Å². The number of aromatic nitrogens is 2. The first-order chi connectivity index (χ1) is 12.5. The number of fused-ring (bicyclic) bond motifs is 3. The molecule has 0 aliphatic heterocycles. The standard InChI is InChI=1S/C19H18ClN3O2S/c1-11-6-7-12-15(8-11)26-18-17(12)19(25)23(10-21-18)9-16(24)22-14-5-3-2-4-13(14)20/h2-5,10-11H,6-9H2,1H3,(H,22,24)/t11-/m1/s1. The Hall–Kier alpha value is -2.18. The summed E-state index contributed by atoms with van der Waals surface area (Å²) in [5.41, 5.74) is 1.51. The molecule has 1 atom stereocenters. The lowest BCUT2D eigenvalue weighted by atomic mass is 9.89. The van der Waals surface area contributed by atoms with Gasteiger partial charge in [0.05, 0.1) is 22.4 Å². The molecule has 5 nitrogen and oxygen atoms in total. The predicted molar refractivity (Wildman–Crippen MR) is 105 cm³/mol. The molecule has 1 aromatic carbocycles. The number of amides is 1. The third-order valence-corrected chi connectivity index (χ3v) is 6.24. The minimum atomic E-state index is -0.306.